The highest BCUT2D eigenvalue weighted by Crippen LogP contribution is 2.07. The number of hydrogen-bond acceptors (Lipinski definition) is 4. The first-order valence-corrected chi connectivity index (χ1v) is 2.56. The third-order valence-electron chi connectivity index (χ3n) is 0.910. The van der Waals surface area contributed by atoms with Crippen molar-refractivity contribution in [3.63, 3.8) is 0 Å². The summed E-state index contributed by atoms with van der Waals surface area (Å²) in [5.74, 6) is -0.828. The van der Waals surface area contributed by atoms with Gasteiger partial charge in [0.1, 0.15) is 12.7 Å². The molecule has 1 rings (SSSR count). The Morgan fingerprint density at radius 2 is 2.56 bits per heavy atom. The van der Waals surface area contributed by atoms with Crippen molar-refractivity contribution < 1.29 is 19.1 Å². The van der Waals surface area contributed by atoms with Gasteiger partial charge in [-0.3, -0.25) is 4.79 Å². The molecule has 1 atom stereocenters. The topological polar surface area (TPSA) is 55.9 Å². The summed E-state index contributed by atoms with van der Waals surface area (Å²) in [5.41, 5.74) is 0. The van der Waals surface area contributed by atoms with Crippen molar-refractivity contribution in [3.05, 3.63) is 0 Å². The van der Waals surface area contributed by atoms with Crippen LogP contribution < -0.4 is 0 Å². The quantitative estimate of drug-likeness (QED) is 0.215. The lowest BCUT2D eigenvalue weighted by Gasteiger charge is -1.92. The van der Waals surface area contributed by atoms with Gasteiger partial charge in [-0.2, -0.15) is 0 Å². The van der Waals surface area contributed by atoms with Crippen LogP contribution in [0.15, 0.2) is 0 Å². The highest BCUT2D eigenvalue weighted by atomic mass is 16.6. The predicted octanol–water partition coefficient (Wildman–Crippen LogP) is -0.873. The van der Waals surface area contributed by atoms with Crippen LogP contribution in [0.5, 0.6) is 0 Å². The Morgan fingerprint density at radius 3 is 3.00 bits per heavy atom. The molecule has 0 aliphatic carbocycles. The van der Waals surface area contributed by atoms with Crippen LogP contribution >= 0.6 is 0 Å². The second-order valence-electron chi connectivity index (χ2n) is 1.70. The first-order valence-electron chi connectivity index (χ1n) is 2.56. The molecule has 0 aromatic heterocycles. The number of esters is 1. The maximum atomic E-state index is 10.1. The van der Waals surface area contributed by atoms with Gasteiger partial charge in [-0.05, 0) is 0 Å². The Bertz CT molecular complexity index is 127. The van der Waals surface area contributed by atoms with Crippen molar-refractivity contribution in [1.82, 2.24) is 0 Å². The Balaban J connectivity index is 2.02. The minimum Gasteiger partial charge on any atom is -0.457 e. The maximum Gasteiger partial charge on any atom is 0.371 e. The summed E-state index contributed by atoms with van der Waals surface area (Å²) in [7, 11) is 0. The Hall–Kier alpha value is -0.900. The lowest BCUT2D eigenvalue weighted by atomic mass is 10.5. The zero-order valence-electron chi connectivity index (χ0n) is 4.70. The van der Waals surface area contributed by atoms with E-state index in [-0.39, 0.29) is 19.0 Å². The van der Waals surface area contributed by atoms with E-state index in [1.165, 1.54) is 0 Å². The molecule has 50 valence electrons. The third-order valence-corrected chi connectivity index (χ3v) is 0.910. The van der Waals surface area contributed by atoms with Crippen LogP contribution in [0.4, 0.5) is 0 Å². The van der Waals surface area contributed by atoms with Crippen LogP contribution in [0, 0.1) is 0 Å². The molecule has 1 aliphatic rings. The second-order valence-corrected chi connectivity index (χ2v) is 1.70. The fourth-order valence-corrected chi connectivity index (χ4v) is 0.373. The van der Waals surface area contributed by atoms with Gasteiger partial charge in [0.25, 0.3) is 0 Å². The van der Waals surface area contributed by atoms with Crippen LogP contribution in [0.25, 0.3) is 0 Å². The van der Waals surface area contributed by atoms with Gasteiger partial charge >= 0.3 is 5.97 Å². The standard InChI is InChI=1S/C5H6O4/c6-1-5(7)9-3-4-2-8-4/h1,4H,2-3H2. The molecule has 1 fully saturated rings. The van der Waals surface area contributed by atoms with Crippen LogP contribution in [0.2, 0.25) is 0 Å². The fourth-order valence-electron chi connectivity index (χ4n) is 0.373. The molecule has 0 spiro atoms. The van der Waals surface area contributed by atoms with Crippen LogP contribution in [-0.4, -0.2) is 31.6 Å². The normalized spacial score (nSPS) is 22.9. The first-order chi connectivity index (χ1) is 4.33. The molecule has 0 aromatic carbocycles. The number of ether oxygens (including phenoxy) is 2. The Kier molecular flexibility index (Phi) is 1.79. The van der Waals surface area contributed by atoms with E-state index in [9.17, 15) is 9.59 Å². The summed E-state index contributed by atoms with van der Waals surface area (Å²) < 4.78 is 9.09. The summed E-state index contributed by atoms with van der Waals surface area (Å²) in [6.45, 7) is 0.837. The van der Waals surface area contributed by atoms with E-state index in [1.807, 2.05) is 0 Å². The molecule has 1 unspecified atom stereocenters. The van der Waals surface area contributed by atoms with Gasteiger partial charge in [0.15, 0.2) is 0 Å². The first kappa shape index (κ1) is 6.22. The van der Waals surface area contributed by atoms with E-state index in [4.69, 9.17) is 4.74 Å². The van der Waals surface area contributed by atoms with Gasteiger partial charge in [0.2, 0.25) is 6.29 Å². The third kappa shape index (κ3) is 2.23. The SMILES string of the molecule is O=CC(=O)OCC1CO1. The van der Waals surface area contributed by atoms with Gasteiger partial charge in [-0.25, -0.2) is 4.79 Å². The minimum atomic E-state index is -0.828. The zero-order valence-corrected chi connectivity index (χ0v) is 4.70. The average Bonchev–Trinajstić information content (AvgIpc) is 2.65. The van der Waals surface area contributed by atoms with Gasteiger partial charge < -0.3 is 9.47 Å². The second kappa shape index (κ2) is 2.59. The number of aldehydes is 1. The smallest absolute Gasteiger partial charge is 0.371 e. The van der Waals surface area contributed by atoms with E-state index in [0.29, 0.717) is 6.61 Å². The van der Waals surface area contributed by atoms with Crippen molar-refractivity contribution in [2.75, 3.05) is 13.2 Å². The number of hydrogen-bond donors (Lipinski definition) is 0. The molecule has 1 heterocycles. The van der Waals surface area contributed by atoms with E-state index < -0.39 is 5.97 Å². The summed E-state index contributed by atoms with van der Waals surface area (Å²) >= 11 is 0. The van der Waals surface area contributed by atoms with E-state index in [1.54, 1.807) is 0 Å². The molecular weight excluding hydrogens is 124 g/mol. The molecule has 0 N–H and O–H groups in total. The van der Waals surface area contributed by atoms with Gasteiger partial charge in [-0.1, -0.05) is 0 Å². The lowest BCUT2D eigenvalue weighted by Crippen LogP contribution is -2.09. The van der Waals surface area contributed by atoms with Crippen LogP contribution in [0.3, 0.4) is 0 Å². The largest absolute Gasteiger partial charge is 0.457 e. The van der Waals surface area contributed by atoms with Crippen molar-refractivity contribution in [2.24, 2.45) is 0 Å². The maximum absolute atomic E-state index is 10.1. The highest BCUT2D eigenvalue weighted by molar-refractivity contribution is 6.20. The van der Waals surface area contributed by atoms with Crippen molar-refractivity contribution in [3.8, 4) is 0 Å². The average molecular weight is 130 g/mol. The fraction of sp³-hybridized carbons (Fsp3) is 0.600. The molecule has 0 radical (unpaired) electrons. The molecular formula is C5H6O4. The van der Waals surface area contributed by atoms with Gasteiger partial charge in [0.05, 0.1) is 6.61 Å². The molecule has 4 nitrogen and oxygen atoms in total. The number of carbonyl (C=O) groups excluding carboxylic acids is 2. The predicted molar refractivity (Wildman–Crippen MR) is 26.8 cm³/mol. The minimum absolute atomic E-state index is 0.0360. The van der Waals surface area contributed by atoms with E-state index in [2.05, 4.69) is 4.74 Å². The highest BCUT2D eigenvalue weighted by Gasteiger charge is 2.23. The molecule has 1 aliphatic heterocycles. The van der Waals surface area contributed by atoms with Gasteiger partial charge in [-0.15, -0.1) is 0 Å². The van der Waals surface area contributed by atoms with Crippen molar-refractivity contribution >= 4 is 12.3 Å². The molecule has 0 bridgehead atoms. The number of rotatable bonds is 3. The van der Waals surface area contributed by atoms with Gasteiger partial charge in [0, 0.05) is 0 Å². The summed E-state index contributed by atoms with van der Waals surface area (Å²) in [5, 5.41) is 0. The van der Waals surface area contributed by atoms with E-state index in [0.717, 1.165) is 0 Å². The summed E-state index contributed by atoms with van der Waals surface area (Å²) in [6.07, 6.45) is 0.177. The molecule has 1 saturated heterocycles. The monoisotopic (exact) mass is 130 g/mol. The molecule has 4 heteroatoms. The van der Waals surface area contributed by atoms with Crippen molar-refractivity contribution in [1.29, 1.82) is 0 Å². The number of carbonyl (C=O) groups is 2. The molecule has 9 heavy (non-hydrogen) atoms. The van der Waals surface area contributed by atoms with Crippen molar-refractivity contribution in [2.45, 2.75) is 6.10 Å². The lowest BCUT2D eigenvalue weighted by molar-refractivity contribution is -0.149. The number of epoxide rings is 1. The molecule has 0 amide bonds. The summed E-state index contributed by atoms with van der Waals surface area (Å²) in [4.78, 5) is 19.7. The summed E-state index contributed by atoms with van der Waals surface area (Å²) in [6, 6.07) is 0. The molecule has 0 aromatic rings. The Labute approximate surface area is 51.7 Å². The van der Waals surface area contributed by atoms with Crippen LogP contribution in [-0.2, 0) is 19.1 Å². The zero-order chi connectivity index (χ0) is 6.69. The molecule has 0 saturated carbocycles. The van der Waals surface area contributed by atoms with Crippen LogP contribution in [0.1, 0.15) is 0 Å². The Morgan fingerprint density at radius 1 is 1.89 bits per heavy atom. The van der Waals surface area contributed by atoms with E-state index >= 15 is 0 Å².